The fourth-order valence-corrected chi connectivity index (χ4v) is 1.57. The van der Waals surface area contributed by atoms with Crippen molar-refractivity contribution >= 4 is 11.4 Å². The van der Waals surface area contributed by atoms with Crippen molar-refractivity contribution in [3.8, 4) is 11.8 Å². The van der Waals surface area contributed by atoms with Crippen LogP contribution in [0.4, 0.5) is 0 Å². The van der Waals surface area contributed by atoms with Crippen molar-refractivity contribution < 1.29 is 4.79 Å². The second-order valence-corrected chi connectivity index (χ2v) is 3.52. The number of hydrogen-bond acceptors (Lipinski definition) is 2. The highest BCUT2D eigenvalue weighted by Gasteiger charge is 2.10. The fourth-order valence-electron chi connectivity index (χ4n) is 1.57. The molecule has 0 atom stereocenters. The zero-order valence-electron chi connectivity index (χ0n) is 9.60. The minimum absolute atomic E-state index is 0.107. The lowest BCUT2D eigenvalue weighted by molar-refractivity contribution is 0.0956. The molecule has 0 saturated heterocycles. The first kappa shape index (κ1) is 11.2. The van der Waals surface area contributed by atoms with Crippen LogP contribution in [0.15, 0.2) is 30.6 Å². The van der Waals surface area contributed by atoms with E-state index in [-0.39, 0.29) is 5.91 Å². The van der Waals surface area contributed by atoms with Gasteiger partial charge in [0.25, 0.3) is 5.91 Å². The molecule has 2 aromatic rings. The van der Waals surface area contributed by atoms with Gasteiger partial charge in [0, 0.05) is 19.2 Å². The number of carbonyl (C=O) groups excluding carboxylic acids is 1. The minimum atomic E-state index is -0.107. The van der Waals surface area contributed by atoms with Gasteiger partial charge in [-0.1, -0.05) is 6.07 Å². The summed E-state index contributed by atoms with van der Waals surface area (Å²) in [5.41, 5.74) is 1.40. The highest BCUT2D eigenvalue weighted by Crippen LogP contribution is 2.09. The SMILES string of the molecule is CC#CCCNC(=O)c1cnn2ccccc12. The number of nitrogens with zero attached hydrogens (tertiary/aromatic N) is 2. The average molecular weight is 227 g/mol. The van der Waals surface area contributed by atoms with Gasteiger partial charge in [-0.3, -0.25) is 4.79 Å². The van der Waals surface area contributed by atoms with Gasteiger partial charge in [0.1, 0.15) is 0 Å². The van der Waals surface area contributed by atoms with Crippen LogP contribution in [-0.2, 0) is 0 Å². The second-order valence-electron chi connectivity index (χ2n) is 3.52. The van der Waals surface area contributed by atoms with Crippen LogP contribution >= 0.6 is 0 Å². The lowest BCUT2D eigenvalue weighted by Gasteiger charge is -2.00. The smallest absolute Gasteiger partial charge is 0.255 e. The van der Waals surface area contributed by atoms with Crippen molar-refractivity contribution in [1.29, 1.82) is 0 Å². The number of carbonyl (C=O) groups is 1. The quantitative estimate of drug-likeness (QED) is 0.637. The molecule has 17 heavy (non-hydrogen) atoms. The zero-order chi connectivity index (χ0) is 12.1. The Morgan fingerprint density at radius 1 is 1.53 bits per heavy atom. The molecule has 1 N–H and O–H groups in total. The summed E-state index contributed by atoms with van der Waals surface area (Å²) in [5, 5.41) is 6.93. The first-order chi connectivity index (χ1) is 8.33. The van der Waals surface area contributed by atoms with E-state index in [1.807, 2.05) is 24.4 Å². The van der Waals surface area contributed by atoms with Gasteiger partial charge >= 0.3 is 0 Å². The van der Waals surface area contributed by atoms with Crippen LogP contribution in [0.25, 0.3) is 5.52 Å². The van der Waals surface area contributed by atoms with Gasteiger partial charge in [-0.25, -0.2) is 4.52 Å². The lowest BCUT2D eigenvalue weighted by Crippen LogP contribution is -2.23. The van der Waals surface area contributed by atoms with Crippen LogP contribution < -0.4 is 5.32 Å². The van der Waals surface area contributed by atoms with E-state index >= 15 is 0 Å². The van der Waals surface area contributed by atoms with Crippen molar-refractivity contribution in [3.63, 3.8) is 0 Å². The summed E-state index contributed by atoms with van der Waals surface area (Å²) in [7, 11) is 0. The van der Waals surface area contributed by atoms with Crippen LogP contribution in [0.5, 0.6) is 0 Å². The molecule has 0 spiro atoms. The van der Waals surface area contributed by atoms with E-state index in [0.29, 0.717) is 18.5 Å². The molecule has 4 nitrogen and oxygen atoms in total. The van der Waals surface area contributed by atoms with Crippen molar-refractivity contribution in [3.05, 3.63) is 36.2 Å². The molecule has 4 heteroatoms. The molecule has 0 aromatic carbocycles. The summed E-state index contributed by atoms with van der Waals surface area (Å²) < 4.78 is 1.68. The molecule has 0 aliphatic rings. The van der Waals surface area contributed by atoms with Crippen molar-refractivity contribution in [2.24, 2.45) is 0 Å². The van der Waals surface area contributed by atoms with Crippen LogP contribution in [0.1, 0.15) is 23.7 Å². The third-order valence-electron chi connectivity index (χ3n) is 2.38. The monoisotopic (exact) mass is 227 g/mol. The summed E-state index contributed by atoms with van der Waals surface area (Å²) >= 11 is 0. The molecular formula is C13H13N3O. The van der Waals surface area contributed by atoms with Crippen LogP contribution in [0.2, 0.25) is 0 Å². The molecule has 0 radical (unpaired) electrons. The topological polar surface area (TPSA) is 46.4 Å². The van der Waals surface area contributed by atoms with Gasteiger partial charge in [0.05, 0.1) is 17.3 Å². The minimum Gasteiger partial charge on any atom is -0.351 e. The Hall–Kier alpha value is -2.28. The maximum Gasteiger partial charge on any atom is 0.255 e. The molecule has 0 fully saturated rings. The summed E-state index contributed by atoms with van der Waals surface area (Å²) in [4.78, 5) is 11.9. The predicted molar refractivity (Wildman–Crippen MR) is 65.6 cm³/mol. The fraction of sp³-hybridized carbons (Fsp3) is 0.231. The second kappa shape index (κ2) is 5.17. The van der Waals surface area contributed by atoms with Gasteiger partial charge in [0.15, 0.2) is 0 Å². The molecule has 86 valence electrons. The van der Waals surface area contributed by atoms with Gasteiger partial charge in [-0.2, -0.15) is 5.10 Å². The Bertz CT molecular complexity index is 589. The third kappa shape index (κ3) is 2.45. The number of fused-ring (bicyclic) bond motifs is 1. The molecule has 2 rings (SSSR count). The van der Waals surface area contributed by atoms with Crippen LogP contribution in [0, 0.1) is 11.8 Å². The maximum absolute atomic E-state index is 11.9. The highest BCUT2D eigenvalue weighted by atomic mass is 16.1. The van der Waals surface area contributed by atoms with E-state index in [0.717, 1.165) is 5.52 Å². The van der Waals surface area contributed by atoms with E-state index in [1.54, 1.807) is 17.6 Å². The number of hydrogen-bond donors (Lipinski definition) is 1. The number of nitrogens with one attached hydrogen (secondary N) is 1. The zero-order valence-corrected chi connectivity index (χ0v) is 9.60. The summed E-state index contributed by atoms with van der Waals surface area (Å²) in [6.45, 7) is 2.34. The largest absolute Gasteiger partial charge is 0.351 e. The Balaban J connectivity index is 2.10. The molecule has 0 aliphatic carbocycles. The molecule has 0 saturated carbocycles. The standard InChI is InChI=1S/C13H13N3O/c1-2-3-5-8-14-13(17)11-10-15-16-9-6-4-7-12(11)16/h4,6-7,9-10H,5,8H2,1H3,(H,14,17). The molecular weight excluding hydrogens is 214 g/mol. The normalized spacial score (nSPS) is 9.71. The molecule has 1 amide bonds. The first-order valence-corrected chi connectivity index (χ1v) is 5.43. The van der Waals surface area contributed by atoms with Gasteiger partial charge in [-0.15, -0.1) is 11.8 Å². The lowest BCUT2D eigenvalue weighted by atomic mass is 10.2. The van der Waals surface area contributed by atoms with E-state index in [2.05, 4.69) is 22.3 Å². The Morgan fingerprint density at radius 2 is 2.41 bits per heavy atom. The molecule has 0 bridgehead atoms. The van der Waals surface area contributed by atoms with Gasteiger partial charge < -0.3 is 5.32 Å². The number of amides is 1. The van der Waals surface area contributed by atoms with Crippen LogP contribution in [0.3, 0.4) is 0 Å². The molecule has 0 aliphatic heterocycles. The van der Waals surface area contributed by atoms with E-state index in [4.69, 9.17) is 0 Å². The summed E-state index contributed by atoms with van der Waals surface area (Å²) in [6.07, 6.45) is 4.06. The van der Waals surface area contributed by atoms with Gasteiger partial charge in [0.2, 0.25) is 0 Å². The van der Waals surface area contributed by atoms with E-state index in [9.17, 15) is 4.79 Å². The molecule has 2 heterocycles. The molecule has 2 aromatic heterocycles. The Labute approximate surface area is 99.6 Å². The van der Waals surface area contributed by atoms with Gasteiger partial charge in [-0.05, 0) is 19.1 Å². The van der Waals surface area contributed by atoms with E-state index in [1.165, 1.54) is 0 Å². The number of rotatable bonds is 3. The van der Waals surface area contributed by atoms with Crippen LogP contribution in [-0.4, -0.2) is 22.1 Å². The summed E-state index contributed by atoms with van der Waals surface area (Å²) in [5.74, 6) is 5.58. The highest BCUT2D eigenvalue weighted by molar-refractivity contribution is 6.00. The van der Waals surface area contributed by atoms with E-state index < -0.39 is 0 Å². The average Bonchev–Trinajstić information content (AvgIpc) is 2.78. The van der Waals surface area contributed by atoms with Crippen molar-refractivity contribution in [2.45, 2.75) is 13.3 Å². The van der Waals surface area contributed by atoms with Crippen molar-refractivity contribution in [1.82, 2.24) is 14.9 Å². The maximum atomic E-state index is 11.9. The molecule has 0 unspecified atom stereocenters. The van der Waals surface area contributed by atoms with Crippen molar-refractivity contribution in [2.75, 3.05) is 6.54 Å². The Morgan fingerprint density at radius 3 is 3.24 bits per heavy atom. The first-order valence-electron chi connectivity index (χ1n) is 5.43. The Kier molecular flexibility index (Phi) is 3.41. The predicted octanol–water partition coefficient (Wildman–Crippen LogP) is 1.48. The number of aromatic nitrogens is 2. The summed E-state index contributed by atoms with van der Waals surface area (Å²) in [6, 6.07) is 5.63. The number of pyridine rings is 1. The third-order valence-corrected chi connectivity index (χ3v) is 2.38.